The first-order valence-electron chi connectivity index (χ1n) is 14.0. The smallest absolute Gasteiger partial charge is 0.137 e. The van der Waals surface area contributed by atoms with E-state index in [0.29, 0.717) is 5.41 Å². The summed E-state index contributed by atoms with van der Waals surface area (Å²) < 4.78 is 8.54. The van der Waals surface area contributed by atoms with Crippen LogP contribution in [-0.2, 0) is 6.42 Å². The average Bonchev–Trinajstić information content (AvgIpc) is 3.53. The van der Waals surface area contributed by atoms with Crippen LogP contribution >= 0.6 is 0 Å². The lowest BCUT2D eigenvalue weighted by molar-refractivity contribution is 0.0295. The van der Waals surface area contributed by atoms with Crippen LogP contribution in [0.15, 0.2) is 54.7 Å². The van der Waals surface area contributed by atoms with Crippen molar-refractivity contribution in [3.8, 4) is 16.9 Å². The highest BCUT2D eigenvalue weighted by atomic mass is 16.5. The number of benzene rings is 2. The van der Waals surface area contributed by atoms with Gasteiger partial charge in [-0.25, -0.2) is 4.68 Å². The molecule has 0 atom stereocenters. The number of nitrogens with one attached hydrogen (secondary N) is 2. The maximum atomic E-state index is 6.57. The largest absolute Gasteiger partial charge is 0.486 e. The Morgan fingerprint density at radius 1 is 0.973 bits per heavy atom. The molecule has 0 radical (unpaired) electrons. The van der Waals surface area contributed by atoms with Gasteiger partial charge in [0.15, 0.2) is 0 Å². The van der Waals surface area contributed by atoms with E-state index in [0.717, 1.165) is 36.6 Å². The number of likely N-dealkylation sites (tertiary alicyclic amines) is 1. The normalized spacial score (nSPS) is 21.5. The van der Waals surface area contributed by atoms with E-state index in [1.54, 1.807) is 0 Å². The van der Waals surface area contributed by atoms with E-state index in [1.165, 1.54) is 74.1 Å². The summed E-state index contributed by atoms with van der Waals surface area (Å²) in [6, 6.07) is 17.4. The molecule has 4 heterocycles. The van der Waals surface area contributed by atoms with Crippen LogP contribution in [0.4, 0.5) is 5.82 Å². The van der Waals surface area contributed by atoms with Crippen LogP contribution in [0.5, 0.6) is 5.75 Å². The van der Waals surface area contributed by atoms with Crippen molar-refractivity contribution in [2.75, 3.05) is 44.6 Å². The Labute approximate surface area is 219 Å². The molecule has 0 bridgehead atoms. The summed E-state index contributed by atoms with van der Waals surface area (Å²) in [5, 5.41) is 11.7. The highest BCUT2D eigenvalue weighted by molar-refractivity contribution is 5.86. The molecule has 1 spiro atoms. The third-order valence-electron chi connectivity index (χ3n) is 8.96. The van der Waals surface area contributed by atoms with Gasteiger partial charge < -0.3 is 15.4 Å². The first-order valence-corrected chi connectivity index (χ1v) is 14.0. The zero-order chi connectivity index (χ0) is 24.9. The Morgan fingerprint density at radius 3 is 2.49 bits per heavy atom. The Kier molecular flexibility index (Phi) is 5.63. The van der Waals surface area contributed by atoms with Gasteiger partial charge in [0, 0.05) is 37.9 Å². The lowest BCUT2D eigenvalue weighted by atomic mass is 9.73. The lowest BCUT2D eigenvalue weighted by Gasteiger charge is -2.48. The molecule has 192 valence electrons. The molecular weight excluding hydrogens is 458 g/mol. The zero-order valence-corrected chi connectivity index (χ0v) is 21.8. The fourth-order valence-corrected chi connectivity index (χ4v) is 6.20. The Morgan fingerprint density at radius 2 is 1.78 bits per heavy atom. The number of rotatable bonds is 7. The van der Waals surface area contributed by atoms with Crippen LogP contribution in [0.1, 0.15) is 43.7 Å². The van der Waals surface area contributed by atoms with Crippen molar-refractivity contribution >= 4 is 17.6 Å². The van der Waals surface area contributed by atoms with Crippen LogP contribution in [0.2, 0.25) is 0 Å². The predicted octanol–water partition coefficient (Wildman–Crippen LogP) is 5.13. The number of hydrogen-bond acceptors (Lipinski definition) is 5. The van der Waals surface area contributed by atoms with Crippen LogP contribution < -0.4 is 15.4 Å². The van der Waals surface area contributed by atoms with E-state index in [2.05, 4.69) is 82.3 Å². The second-order valence-corrected chi connectivity index (χ2v) is 11.6. The molecule has 1 saturated carbocycles. The number of aromatic nitrogens is 2. The van der Waals surface area contributed by atoms with Gasteiger partial charge >= 0.3 is 0 Å². The molecule has 0 amide bonds. The Hall–Kier alpha value is -3.09. The standard InChI is InChI=1S/C31H37N5O/c1-2-23-4-3-5-25(16-23)28-18-34-36-19-26(17-33-29(28)36)24-6-8-27(9-7-24)37-31(10-11-31)22-35-14-12-30(13-15-35)20-32-21-30/h3-9,16,18-19,32-33H,2,10-15,17,20-22H2,1H3. The topological polar surface area (TPSA) is 54.4 Å². The number of ether oxygens (including phenoxy) is 1. The highest BCUT2D eigenvalue weighted by Crippen LogP contribution is 2.43. The van der Waals surface area contributed by atoms with E-state index in [9.17, 15) is 0 Å². The molecule has 3 aromatic rings. The van der Waals surface area contributed by atoms with Gasteiger partial charge in [-0.3, -0.25) is 4.90 Å². The molecule has 7 rings (SSSR count). The summed E-state index contributed by atoms with van der Waals surface area (Å²) >= 11 is 0. The number of nitrogens with zero attached hydrogens (tertiary/aromatic N) is 3. The SMILES string of the molecule is CCc1cccc(-c2cnn3c2NCC(c2ccc(OC4(CN5CCC6(CC5)CNC6)CC4)cc2)=C3)c1. The van der Waals surface area contributed by atoms with Crippen LogP contribution in [0.3, 0.4) is 0 Å². The number of hydrogen-bond donors (Lipinski definition) is 2. The maximum absolute atomic E-state index is 6.57. The van der Waals surface area contributed by atoms with Crippen molar-refractivity contribution in [2.45, 2.75) is 44.6 Å². The van der Waals surface area contributed by atoms with Gasteiger partial charge in [0.2, 0.25) is 0 Å². The van der Waals surface area contributed by atoms with E-state index >= 15 is 0 Å². The Balaban J connectivity index is 1.01. The zero-order valence-electron chi connectivity index (χ0n) is 21.8. The number of fused-ring (bicyclic) bond motifs is 1. The molecule has 3 fully saturated rings. The number of piperidine rings is 1. The van der Waals surface area contributed by atoms with Gasteiger partial charge in [-0.05, 0) is 85.0 Å². The molecule has 2 saturated heterocycles. The quantitative estimate of drug-likeness (QED) is 0.476. The molecule has 1 aliphatic carbocycles. The van der Waals surface area contributed by atoms with Gasteiger partial charge in [0.25, 0.3) is 0 Å². The van der Waals surface area contributed by atoms with E-state index in [1.807, 2.05) is 10.9 Å². The summed E-state index contributed by atoms with van der Waals surface area (Å²) in [5.74, 6) is 2.05. The van der Waals surface area contributed by atoms with Crippen molar-refractivity contribution in [3.63, 3.8) is 0 Å². The van der Waals surface area contributed by atoms with Crippen molar-refractivity contribution in [3.05, 3.63) is 65.9 Å². The third kappa shape index (κ3) is 4.47. The van der Waals surface area contributed by atoms with Gasteiger partial charge in [-0.2, -0.15) is 5.10 Å². The minimum atomic E-state index is 0.0188. The minimum absolute atomic E-state index is 0.0188. The third-order valence-corrected chi connectivity index (χ3v) is 8.96. The number of aryl methyl sites for hydroxylation is 1. The van der Waals surface area contributed by atoms with E-state index in [-0.39, 0.29) is 5.60 Å². The molecule has 0 unspecified atom stereocenters. The van der Waals surface area contributed by atoms with Crippen molar-refractivity contribution in [1.82, 2.24) is 20.0 Å². The first kappa shape index (κ1) is 23.1. The molecule has 6 heteroatoms. The van der Waals surface area contributed by atoms with Crippen molar-refractivity contribution in [2.24, 2.45) is 5.41 Å². The van der Waals surface area contributed by atoms with Gasteiger partial charge in [-0.15, -0.1) is 0 Å². The molecule has 3 aliphatic heterocycles. The van der Waals surface area contributed by atoms with Crippen LogP contribution in [-0.4, -0.2) is 59.5 Å². The fraction of sp³-hybridized carbons (Fsp3) is 0.452. The molecule has 37 heavy (non-hydrogen) atoms. The maximum Gasteiger partial charge on any atom is 0.137 e. The lowest BCUT2D eigenvalue weighted by Crippen LogP contribution is -2.58. The molecule has 2 aromatic carbocycles. The molecule has 1 aromatic heterocycles. The molecule has 6 nitrogen and oxygen atoms in total. The summed E-state index contributed by atoms with van der Waals surface area (Å²) in [6.07, 6.45) is 10.1. The summed E-state index contributed by atoms with van der Waals surface area (Å²) in [7, 11) is 0. The number of anilines is 1. The van der Waals surface area contributed by atoms with Crippen molar-refractivity contribution in [1.29, 1.82) is 0 Å². The van der Waals surface area contributed by atoms with Crippen LogP contribution in [0, 0.1) is 5.41 Å². The van der Waals surface area contributed by atoms with Crippen molar-refractivity contribution < 1.29 is 4.74 Å². The Bertz CT molecular complexity index is 1310. The van der Waals surface area contributed by atoms with Gasteiger partial charge in [0.05, 0.1) is 6.20 Å². The molecular formula is C31H37N5O. The van der Waals surface area contributed by atoms with Gasteiger partial charge in [0.1, 0.15) is 17.2 Å². The monoisotopic (exact) mass is 495 g/mol. The second-order valence-electron chi connectivity index (χ2n) is 11.6. The van der Waals surface area contributed by atoms with E-state index in [4.69, 9.17) is 4.74 Å². The molecule has 2 N–H and O–H groups in total. The first-order chi connectivity index (χ1) is 18.1. The summed E-state index contributed by atoms with van der Waals surface area (Å²) in [6.45, 7) is 8.91. The predicted molar refractivity (Wildman–Crippen MR) is 150 cm³/mol. The summed E-state index contributed by atoms with van der Waals surface area (Å²) in [5.41, 5.74) is 6.76. The van der Waals surface area contributed by atoms with Crippen LogP contribution in [0.25, 0.3) is 22.9 Å². The van der Waals surface area contributed by atoms with Gasteiger partial charge in [-0.1, -0.05) is 43.3 Å². The van der Waals surface area contributed by atoms with E-state index < -0.39 is 0 Å². The summed E-state index contributed by atoms with van der Waals surface area (Å²) in [4.78, 5) is 2.64. The highest BCUT2D eigenvalue weighted by Gasteiger charge is 2.48. The second kappa shape index (κ2) is 9.03. The average molecular weight is 496 g/mol. The molecule has 4 aliphatic rings. The minimum Gasteiger partial charge on any atom is -0.486 e. The fourth-order valence-electron chi connectivity index (χ4n) is 6.20.